The first-order valence-corrected chi connectivity index (χ1v) is 6.51. The lowest BCUT2D eigenvalue weighted by Crippen LogP contribution is -2.57. The SMILES string of the molecule is CCCC(C)N(C)C1(C(=O)O)CCCCC1. The van der Waals surface area contributed by atoms with E-state index in [-0.39, 0.29) is 0 Å². The van der Waals surface area contributed by atoms with Crippen molar-refractivity contribution in [2.45, 2.75) is 70.4 Å². The number of hydrogen-bond donors (Lipinski definition) is 1. The molecule has 1 rings (SSSR count). The summed E-state index contributed by atoms with van der Waals surface area (Å²) in [6.45, 7) is 4.29. The van der Waals surface area contributed by atoms with Gasteiger partial charge in [0.2, 0.25) is 0 Å². The van der Waals surface area contributed by atoms with E-state index in [1.54, 1.807) is 0 Å². The minimum Gasteiger partial charge on any atom is -0.480 e. The van der Waals surface area contributed by atoms with E-state index in [4.69, 9.17) is 0 Å². The molecule has 0 bridgehead atoms. The van der Waals surface area contributed by atoms with E-state index in [9.17, 15) is 9.90 Å². The highest BCUT2D eigenvalue weighted by molar-refractivity contribution is 5.79. The maximum absolute atomic E-state index is 11.6. The standard InChI is InChI=1S/C13H25NO2/c1-4-8-11(2)14(3)13(12(15)16)9-6-5-7-10-13/h11H,4-10H2,1-3H3,(H,15,16). The van der Waals surface area contributed by atoms with Crippen molar-refractivity contribution in [3.63, 3.8) is 0 Å². The van der Waals surface area contributed by atoms with Gasteiger partial charge < -0.3 is 5.11 Å². The first-order valence-electron chi connectivity index (χ1n) is 6.51. The van der Waals surface area contributed by atoms with E-state index in [0.29, 0.717) is 6.04 Å². The van der Waals surface area contributed by atoms with Crippen LogP contribution in [0, 0.1) is 0 Å². The first-order chi connectivity index (χ1) is 7.54. The van der Waals surface area contributed by atoms with Crippen LogP contribution in [0.25, 0.3) is 0 Å². The van der Waals surface area contributed by atoms with Gasteiger partial charge in [-0.2, -0.15) is 0 Å². The first kappa shape index (κ1) is 13.5. The Balaban J connectivity index is 2.79. The molecule has 1 atom stereocenters. The lowest BCUT2D eigenvalue weighted by molar-refractivity contribution is -0.155. The van der Waals surface area contributed by atoms with Crippen molar-refractivity contribution in [2.24, 2.45) is 0 Å². The summed E-state index contributed by atoms with van der Waals surface area (Å²) in [6, 6.07) is 0.360. The molecular formula is C13H25NO2. The molecule has 1 aliphatic rings. The van der Waals surface area contributed by atoms with Crippen molar-refractivity contribution in [1.29, 1.82) is 0 Å². The van der Waals surface area contributed by atoms with Gasteiger partial charge in [-0.05, 0) is 33.2 Å². The molecule has 3 nitrogen and oxygen atoms in total. The van der Waals surface area contributed by atoms with E-state index in [0.717, 1.165) is 38.5 Å². The Hall–Kier alpha value is -0.570. The number of nitrogens with zero attached hydrogens (tertiary/aromatic N) is 1. The second kappa shape index (κ2) is 5.67. The lowest BCUT2D eigenvalue weighted by Gasteiger charge is -2.44. The van der Waals surface area contributed by atoms with Crippen molar-refractivity contribution >= 4 is 5.97 Å². The molecule has 1 N–H and O–H groups in total. The van der Waals surface area contributed by atoms with Crippen LogP contribution in [-0.4, -0.2) is 34.6 Å². The molecule has 0 amide bonds. The molecule has 1 aliphatic carbocycles. The molecular weight excluding hydrogens is 202 g/mol. The highest BCUT2D eigenvalue weighted by Gasteiger charge is 2.44. The predicted molar refractivity (Wildman–Crippen MR) is 65.6 cm³/mol. The predicted octanol–water partition coefficient (Wildman–Crippen LogP) is 2.89. The third-order valence-corrected chi connectivity index (χ3v) is 4.12. The van der Waals surface area contributed by atoms with Crippen LogP contribution < -0.4 is 0 Å². The van der Waals surface area contributed by atoms with Crippen molar-refractivity contribution in [3.8, 4) is 0 Å². The van der Waals surface area contributed by atoms with E-state index in [1.165, 1.54) is 6.42 Å². The summed E-state index contributed by atoms with van der Waals surface area (Å²) in [5, 5.41) is 9.53. The van der Waals surface area contributed by atoms with E-state index in [2.05, 4.69) is 18.7 Å². The van der Waals surface area contributed by atoms with Crippen molar-refractivity contribution in [3.05, 3.63) is 0 Å². The Kier molecular flexibility index (Phi) is 4.78. The average molecular weight is 227 g/mol. The largest absolute Gasteiger partial charge is 0.480 e. The highest BCUT2D eigenvalue weighted by atomic mass is 16.4. The molecule has 1 fully saturated rings. The summed E-state index contributed by atoms with van der Waals surface area (Å²) < 4.78 is 0. The smallest absolute Gasteiger partial charge is 0.324 e. The van der Waals surface area contributed by atoms with Crippen molar-refractivity contribution in [2.75, 3.05) is 7.05 Å². The summed E-state index contributed by atoms with van der Waals surface area (Å²) in [5.41, 5.74) is -0.590. The summed E-state index contributed by atoms with van der Waals surface area (Å²) in [4.78, 5) is 13.7. The van der Waals surface area contributed by atoms with Crippen LogP contribution in [0.15, 0.2) is 0 Å². The molecule has 16 heavy (non-hydrogen) atoms. The molecule has 1 unspecified atom stereocenters. The van der Waals surface area contributed by atoms with Gasteiger partial charge in [-0.3, -0.25) is 9.69 Å². The molecule has 94 valence electrons. The summed E-state index contributed by atoms with van der Waals surface area (Å²) in [5.74, 6) is -0.627. The minimum absolute atomic E-state index is 0.360. The third kappa shape index (κ3) is 2.57. The van der Waals surface area contributed by atoms with Crippen molar-refractivity contribution < 1.29 is 9.90 Å². The molecule has 0 saturated heterocycles. The molecule has 0 spiro atoms. The Bertz CT molecular complexity index is 234. The summed E-state index contributed by atoms with van der Waals surface area (Å²) in [6.07, 6.45) is 7.10. The molecule has 0 radical (unpaired) electrons. The zero-order valence-corrected chi connectivity index (χ0v) is 10.8. The molecule has 0 aromatic rings. The fraction of sp³-hybridized carbons (Fsp3) is 0.923. The van der Waals surface area contributed by atoms with Crippen LogP contribution in [0.3, 0.4) is 0 Å². The topological polar surface area (TPSA) is 40.5 Å². The Morgan fingerprint density at radius 1 is 1.38 bits per heavy atom. The van der Waals surface area contributed by atoms with E-state index >= 15 is 0 Å². The Labute approximate surface area is 98.8 Å². The molecule has 0 aromatic heterocycles. The highest BCUT2D eigenvalue weighted by Crippen LogP contribution is 2.35. The van der Waals surface area contributed by atoms with Crippen LogP contribution in [0.5, 0.6) is 0 Å². The van der Waals surface area contributed by atoms with Crippen LogP contribution in [-0.2, 0) is 4.79 Å². The van der Waals surface area contributed by atoms with Gasteiger partial charge in [-0.1, -0.05) is 32.6 Å². The number of carboxylic acid groups (broad SMARTS) is 1. The average Bonchev–Trinajstić information content (AvgIpc) is 2.29. The van der Waals surface area contributed by atoms with Crippen LogP contribution in [0.2, 0.25) is 0 Å². The maximum atomic E-state index is 11.6. The number of carbonyl (C=O) groups is 1. The number of hydrogen-bond acceptors (Lipinski definition) is 2. The van der Waals surface area contributed by atoms with Gasteiger partial charge in [0.1, 0.15) is 5.54 Å². The van der Waals surface area contributed by atoms with Crippen LogP contribution in [0.1, 0.15) is 58.8 Å². The molecule has 0 aromatic carbocycles. The second-order valence-electron chi connectivity index (χ2n) is 5.15. The molecule has 1 saturated carbocycles. The third-order valence-electron chi connectivity index (χ3n) is 4.12. The zero-order chi connectivity index (χ0) is 12.2. The molecule has 0 aliphatic heterocycles. The number of rotatable bonds is 5. The summed E-state index contributed by atoms with van der Waals surface area (Å²) >= 11 is 0. The van der Waals surface area contributed by atoms with Gasteiger partial charge >= 0.3 is 5.97 Å². The normalized spacial score (nSPS) is 22.0. The quantitative estimate of drug-likeness (QED) is 0.785. The van der Waals surface area contributed by atoms with Crippen molar-refractivity contribution in [1.82, 2.24) is 4.90 Å². The lowest BCUT2D eigenvalue weighted by atomic mass is 9.79. The van der Waals surface area contributed by atoms with E-state index in [1.807, 2.05) is 7.05 Å². The zero-order valence-electron chi connectivity index (χ0n) is 10.8. The minimum atomic E-state index is -0.627. The van der Waals surface area contributed by atoms with Gasteiger partial charge in [0.25, 0.3) is 0 Å². The van der Waals surface area contributed by atoms with Gasteiger partial charge in [0.15, 0.2) is 0 Å². The fourth-order valence-electron chi connectivity index (χ4n) is 2.89. The Morgan fingerprint density at radius 2 is 1.94 bits per heavy atom. The molecule has 0 heterocycles. The molecule has 3 heteroatoms. The Morgan fingerprint density at radius 3 is 2.38 bits per heavy atom. The van der Waals surface area contributed by atoms with Gasteiger partial charge in [-0.25, -0.2) is 0 Å². The maximum Gasteiger partial charge on any atom is 0.324 e. The van der Waals surface area contributed by atoms with E-state index < -0.39 is 11.5 Å². The van der Waals surface area contributed by atoms with Crippen LogP contribution in [0.4, 0.5) is 0 Å². The van der Waals surface area contributed by atoms with Gasteiger partial charge in [-0.15, -0.1) is 0 Å². The summed E-state index contributed by atoms with van der Waals surface area (Å²) in [7, 11) is 1.99. The fourth-order valence-corrected chi connectivity index (χ4v) is 2.89. The van der Waals surface area contributed by atoms with Gasteiger partial charge in [0.05, 0.1) is 0 Å². The van der Waals surface area contributed by atoms with Gasteiger partial charge in [0, 0.05) is 6.04 Å². The van der Waals surface area contributed by atoms with Crippen LogP contribution >= 0.6 is 0 Å². The monoisotopic (exact) mass is 227 g/mol. The number of carboxylic acids is 1. The second-order valence-corrected chi connectivity index (χ2v) is 5.15. The number of aliphatic carboxylic acids is 1. The number of likely N-dealkylation sites (N-methyl/N-ethyl adjacent to an activating group) is 1.